The van der Waals surface area contributed by atoms with Crippen molar-refractivity contribution in [2.75, 3.05) is 20.8 Å². The molecule has 1 aromatic carbocycles. The van der Waals surface area contributed by atoms with Crippen LogP contribution in [0.4, 0.5) is 0 Å². The highest BCUT2D eigenvalue weighted by Crippen LogP contribution is 2.22. The van der Waals surface area contributed by atoms with E-state index >= 15 is 0 Å². The smallest absolute Gasteiger partial charge is 0.338 e. The minimum atomic E-state index is -0.597. The number of nitrogens with one attached hydrogen (secondary N) is 1. The van der Waals surface area contributed by atoms with Gasteiger partial charge in [0.25, 0.3) is 5.91 Å². The maximum atomic E-state index is 12.1. The molecule has 0 aliphatic rings. The van der Waals surface area contributed by atoms with E-state index in [1.165, 1.54) is 26.4 Å². The lowest BCUT2D eigenvalue weighted by Gasteiger charge is -2.14. The third-order valence-corrected chi connectivity index (χ3v) is 3.75. The highest BCUT2D eigenvalue weighted by Gasteiger charge is 2.14. The first-order valence-corrected chi connectivity index (χ1v) is 8.55. The molecular formula is C19H29NO5. The number of hydrogen-bond acceptors (Lipinski definition) is 5. The average Bonchev–Trinajstić information content (AvgIpc) is 2.58. The zero-order valence-corrected chi connectivity index (χ0v) is 15.8. The first kappa shape index (κ1) is 20.8. The summed E-state index contributed by atoms with van der Waals surface area (Å²) in [4.78, 5) is 24.0. The zero-order chi connectivity index (χ0) is 18.8. The maximum absolute atomic E-state index is 12.1. The summed E-state index contributed by atoms with van der Waals surface area (Å²) in [6, 6.07) is 4.79. The molecule has 6 nitrogen and oxygen atoms in total. The van der Waals surface area contributed by atoms with Gasteiger partial charge < -0.3 is 19.5 Å². The third kappa shape index (κ3) is 7.92. The number of rotatable bonds is 10. The molecule has 0 aliphatic carbocycles. The molecule has 0 radical (unpaired) electrons. The van der Waals surface area contributed by atoms with Gasteiger partial charge in [0.05, 0.1) is 19.8 Å². The van der Waals surface area contributed by atoms with Gasteiger partial charge in [-0.2, -0.15) is 0 Å². The van der Waals surface area contributed by atoms with Crippen LogP contribution in [0.1, 0.15) is 50.4 Å². The number of benzene rings is 1. The van der Waals surface area contributed by atoms with Crippen LogP contribution < -0.4 is 14.8 Å². The second kappa shape index (κ2) is 10.6. The first-order valence-electron chi connectivity index (χ1n) is 8.55. The van der Waals surface area contributed by atoms with Crippen LogP contribution in [-0.4, -0.2) is 38.7 Å². The molecule has 1 rings (SSSR count). The van der Waals surface area contributed by atoms with Gasteiger partial charge in [0.15, 0.2) is 6.61 Å². The Labute approximate surface area is 149 Å². The number of methoxy groups -OCH3 is 2. The lowest BCUT2D eigenvalue weighted by Crippen LogP contribution is -2.35. The van der Waals surface area contributed by atoms with Gasteiger partial charge in [0.2, 0.25) is 0 Å². The van der Waals surface area contributed by atoms with Crippen LogP contribution in [0.2, 0.25) is 0 Å². The topological polar surface area (TPSA) is 73.9 Å². The number of carbonyl (C=O) groups is 2. The molecule has 0 heterocycles. The second-order valence-corrected chi connectivity index (χ2v) is 6.47. The third-order valence-electron chi connectivity index (χ3n) is 3.75. The lowest BCUT2D eigenvalue weighted by molar-refractivity contribution is -0.124. The molecule has 140 valence electrons. The van der Waals surface area contributed by atoms with Crippen LogP contribution >= 0.6 is 0 Å². The molecule has 1 aromatic rings. The summed E-state index contributed by atoms with van der Waals surface area (Å²) in [7, 11) is 3.00. The van der Waals surface area contributed by atoms with Gasteiger partial charge in [0.1, 0.15) is 11.5 Å². The van der Waals surface area contributed by atoms with E-state index in [-0.39, 0.29) is 24.1 Å². The van der Waals surface area contributed by atoms with Crippen molar-refractivity contribution in [1.82, 2.24) is 5.32 Å². The Hall–Kier alpha value is -2.24. The Bertz CT molecular complexity index is 549. The Balaban J connectivity index is 2.46. The minimum absolute atomic E-state index is 0.0573. The normalized spacial score (nSPS) is 11.8. The summed E-state index contributed by atoms with van der Waals surface area (Å²) in [5.74, 6) is 0.716. The van der Waals surface area contributed by atoms with E-state index in [2.05, 4.69) is 19.2 Å². The van der Waals surface area contributed by atoms with E-state index in [1.807, 2.05) is 6.92 Å². The molecule has 0 fully saturated rings. The monoisotopic (exact) mass is 351 g/mol. The fourth-order valence-electron chi connectivity index (χ4n) is 2.36. The molecule has 0 aliphatic heterocycles. The second-order valence-electron chi connectivity index (χ2n) is 6.47. The lowest BCUT2D eigenvalue weighted by atomic mass is 10.0. The van der Waals surface area contributed by atoms with Crippen molar-refractivity contribution < 1.29 is 23.8 Å². The summed E-state index contributed by atoms with van der Waals surface area (Å²) in [5.41, 5.74) is 0.272. The van der Waals surface area contributed by atoms with Crippen molar-refractivity contribution in [2.45, 2.75) is 46.1 Å². The van der Waals surface area contributed by atoms with Crippen LogP contribution in [0, 0.1) is 5.92 Å². The summed E-state index contributed by atoms with van der Waals surface area (Å²) in [5, 5.41) is 2.84. The van der Waals surface area contributed by atoms with Gasteiger partial charge in [-0.05, 0) is 31.4 Å². The molecule has 1 unspecified atom stereocenters. The fourth-order valence-corrected chi connectivity index (χ4v) is 2.36. The van der Waals surface area contributed by atoms with Crippen molar-refractivity contribution in [3.63, 3.8) is 0 Å². The molecule has 6 heteroatoms. The number of amides is 1. The first-order chi connectivity index (χ1) is 11.8. The molecule has 1 atom stereocenters. The molecule has 0 bridgehead atoms. The quantitative estimate of drug-likeness (QED) is 0.655. The highest BCUT2D eigenvalue weighted by molar-refractivity contribution is 5.92. The standard InChI is InChI=1S/C19H29NO5/c1-13(2)7-6-8-14(3)20-18(21)12-25-19(22)15-9-16(23-4)11-17(10-15)24-5/h9-11,13-14H,6-8,12H2,1-5H3,(H,20,21). The van der Waals surface area contributed by atoms with Crippen LogP contribution in [0.25, 0.3) is 0 Å². The Morgan fingerprint density at radius 2 is 1.60 bits per heavy atom. The predicted molar refractivity (Wildman–Crippen MR) is 96.1 cm³/mol. The van der Waals surface area contributed by atoms with Gasteiger partial charge >= 0.3 is 5.97 Å². The van der Waals surface area contributed by atoms with E-state index < -0.39 is 5.97 Å². The molecule has 0 saturated heterocycles. The Morgan fingerprint density at radius 3 is 2.12 bits per heavy atom. The number of ether oxygens (including phenoxy) is 3. The molecule has 1 amide bonds. The van der Waals surface area contributed by atoms with E-state index in [0.717, 1.165) is 19.3 Å². The van der Waals surface area contributed by atoms with Gasteiger partial charge in [-0.1, -0.05) is 26.7 Å². The van der Waals surface area contributed by atoms with Crippen LogP contribution in [0.3, 0.4) is 0 Å². The number of hydrogen-bond donors (Lipinski definition) is 1. The molecule has 0 saturated carbocycles. The highest BCUT2D eigenvalue weighted by atomic mass is 16.5. The zero-order valence-electron chi connectivity index (χ0n) is 15.8. The van der Waals surface area contributed by atoms with E-state index in [4.69, 9.17) is 14.2 Å². The van der Waals surface area contributed by atoms with Crippen LogP contribution in [-0.2, 0) is 9.53 Å². The molecular weight excluding hydrogens is 322 g/mol. The van der Waals surface area contributed by atoms with Crippen molar-refractivity contribution >= 4 is 11.9 Å². The predicted octanol–water partition coefficient (Wildman–Crippen LogP) is 3.19. The van der Waals surface area contributed by atoms with Gasteiger partial charge in [0, 0.05) is 12.1 Å². The Kier molecular flexibility index (Phi) is 8.81. The largest absolute Gasteiger partial charge is 0.497 e. The van der Waals surface area contributed by atoms with E-state index in [1.54, 1.807) is 6.07 Å². The van der Waals surface area contributed by atoms with Crippen LogP contribution in [0.5, 0.6) is 11.5 Å². The van der Waals surface area contributed by atoms with E-state index in [9.17, 15) is 9.59 Å². The maximum Gasteiger partial charge on any atom is 0.338 e. The van der Waals surface area contributed by atoms with Crippen molar-refractivity contribution in [3.8, 4) is 11.5 Å². The van der Waals surface area contributed by atoms with Crippen molar-refractivity contribution in [2.24, 2.45) is 5.92 Å². The molecule has 1 N–H and O–H groups in total. The molecule has 0 aromatic heterocycles. The molecule has 0 spiro atoms. The summed E-state index contributed by atoms with van der Waals surface area (Å²) >= 11 is 0. The Morgan fingerprint density at radius 1 is 1.00 bits per heavy atom. The minimum Gasteiger partial charge on any atom is -0.497 e. The SMILES string of the molecule is COc1cc(OC)cc(C(=O)OCC(=O)NC(C)CCCC(C)C)c1. The average molecular weight is 351 g/mol. The van der Waals surface area contributed by atoms with Gasteiger partial charge in [-0.25, -0.2) is 4.79 Å². The fraction of sp³-hybridized carbons (Fsp3) is 0.579. The summed E-state index contributed by atoms with van der Waals surface area (Å²) in [6.07, 6.45) is 3.10. The number of carbonyl (C=O) groups excluding carboxylic acids is 2. The number of esters is 1. The van der Waals surface area contributed by atoms with Crippen molar-refractivity contribution in [1.29, 1.82) is 0 Å². The van der Waals surface area contributed by atoms with Crippen molar-refractivity contribution in [3.05, 3.63) is 23.8 Å². The van der Waals surface area contributed by atoms with Gasteiger partial charge in [-0.3, -0.25) is 4.79 Å². The summed E-state index contributed by atoms with van der Waals surface area (Å²) < 4.78 is 15.3. The summed E-state index contributed by atoms with van der Waals surface area (Å²) in [6.45, 7) is 5.99. The van der Waals surface area contributed by atoms with Crippen LogP contribution in [0.15, 0.2) is 18.2 Å². The molecule has 25 heavy (non-hydrogen) atoms. The van der Waals surface area contributed by atoms with Gasteiger partial charge in [-0.15, -0.1) is 0 Å². The van der Waals surface area contributed by atoms with E-state index in [0.29, 0.717) is 17.4 Å².